The summed E-state index contributed by atoms with van der Waals surface area (Å²) in [6.45, 7) is 11.4. The molecule has 29 heavy (non-hydrogen) atoms. The number of benzene rings is 1. The van der Waals surface area contributed by atoms with Gasteiger partial charge in [-0.05, 0) is 56.9 Å². The molecule has 1 aromatic rings. The molecule has 1 fully saturated rings. The summed E-state index contributed by atoms with van der Waals surface area (Å²) >= 11 is 0. The highest BCUT2D eigenvalue weighted by Crippen LogP contribution is 2.28. The molecule has 2 rings (SSSR count). The second-order valence-corrected chi connectivity index (χ2v) is 12.3. The molecule has 1 atom stereocenters. The number of carbonyl (C=O) groups excluding carboxylic acids is 1. The lowest BCUT2D eigenvalue weighted by Gasteiger charge is -2.36. The third-order valence-corrected chi connectivity index (χ3v) is 7.22. The average molecular weight is 423 g/mol. The fourth-order valence-corrected chi connectivity index (χ4v) is 6.03. The molecule has 5 nitrogen and oxygen atoms in total. The minimum Gasteiger partial charge on any atom is -0.351 e. The van der Waals surface area contributed by atoms with Gasteiger partial charge in [-0.25, -0.2) is 12.7 Å². The van der Waals surface area contributed by atoms with E-state index in [1.54, 1.807) is 0 Å². The van der Waals surface area contributed by atoms with E-state index in [-0.39, 0.29) is 28.5 Å². The molecule has 0 radical (unpaired) electrons. The van der Waals surface area contributed by atoms with Gasteiger partial charge >= 0.3 is 0 Å². The fraction of sp³-hybridized carbons (Fsp3) is 0.696. The van der Waals surface area contributed by atoms with E-state index in [1.165, 1.54) is 4.31 Å². The normalized spacial score (nSPS) is 19.1. The van der Waals surface area contributed by atoms with Crippen LogP contribution in [0.25, 0.3) is 0 Å². The lowest BCUT2D eigenvalue weighted by atomic mass is 9.81. The summed E-state index contributed by atoms with van der Waals surface area (Å²) in [5.74, 6) is -0.165. The summed E-state index contributed by atoms with van der Waals surface area (Å²) < 4.78 is 27.2. The Kier molecular flexibility index (Phi) is 7.91. The van der Waals surface area contributed by atoms with E-state index in [9.17, 15) is 13.2 Å². The van der Waals surface area contributed by atoms with Gasteiger partial charge < -0.3 is 5.32 Å². The Morgan fingerprint density at radius 2 is 1.79 bits per heavy atom. The Morgan fingerprint density at radius 1 is 1.14 bits per heavy atom. The molecule has 0 bridgehead atoms. The first-order chi connectivity index (χ1) is 13.4. The van der Waals surface area contributed by atoms with E-state index in [0.717, 1.165) is 31.2 Å². The molecule has 0 aliphatic carbocycles. The molecule has 1 amide bonds. The second kappa shape index (κ2) is 9.61. The van der Waals surface area contributed by atoms with Crippen LogP contribution in [-0.4, -0.2) is 43.0 Å². The number of nitrogens with zero attached hydrogens (tertiary/aromatic N) is 1. The van der Waals surface area contributed by atoms with E-state index in [1.807, 2.05) is 44.2 Å². The van der Waals surface area contributed by atoms with Gasteiger partial charge in [-0.15, -0.1) is 0 Å². The van der Waals surface area contributed by atoms with Gasteiger partial charge in [0.05, 0.1) is 11.7 Å². The number of rotatable bonds is 8. The zero-order valence-corrected chi connectivity index (χ0v) is 19.5. The van der Waals surface area contributed by atoms with Crippen LogP contribution < -0.4 is 5.32 Å². The molecule has 1 aliphatic rings. The highest BCUT2D eigenvalue weighted by atomic mass is 32.2. The summed E-state index contributed by atoms with van der Waals surface area (Å²) in [4.78, 5) is 12.8. The molecule has 1 saturated heterocycles. The lowest BCUT2D eigenvalue weighted by molar-refractivity contribution is -0.128. The van der Waals surface area contributed by atoms with Crippen molar-refractivity contribution in [3.8, 4) is 0 Å². The second-order valence-electron chi connectivity index (χ2n) is 10.2. The zero-order chi connectivity index (χ0) is 21.7. The highest BCUT2D eigenvalue weighted by molar-refractivity contribution is 7.89. The minimum atomic E-state index is -3.34. The van der Waals surface area contributed by atoms with Crippen LogP contribution in [0.1, 0.15) is 65.9 Å². The monoisotopic (exact) mass is 422 g/mol. The molecule has 6 heteroatoms. The van der Waals surface area contributed by atoms with Crippen LogP contribution in [0.15, 0.2) is 30.3 Å². The maximum Gasteiger partial charge on any atom is 0.224 e. The summed E-state index contributed by atoms with van der Waals surface area (Å²) in [7, 11) is -3.34. The van der Waals surface area contributed by atoms with Crippen LogP contribution in [0.4, 0.5) is 0 Å². The molecule has 0 spiro atoms. The van der Waals surface area contributed by atoms with Crippen molar-refractivity contribution in [1.29, 1.82) is 0 Å². The summed E-state index contributed by atoms with van der Waals surface area (Å²) in [6, 6.07) is 9.94. The zero-order valence-electron chi connectivity index (χ0n) is 18.7. The van der Waals surface area contributed by atoms with Crippen molar-refractivity contribution in [3.05, 3.63) is 35.9 Å². The quantitative estimate of drug-likeness (QED) is 0.689. The van der Waals surface area contributed by atoms with E-state index in [4.69, 9.17) is 0 Å². The van der Waals surface area contributed by atoms with Gasteiger partial charge in [-0.3, -0.25) is 4.79 Å². The Labute approximate surface area is 177 Å². The number of aryl methyl sites for hydroxylation is 1. The van der Waals surface area contributed by atoms with Crippen molar-refractivity contribution in [1.82, 2.24) is 9.62 Å². The number of sulfonamides is 1. The van der Waals surface area contributed by atoms with E-state index in [0.29, 0.717) is 19.5 Å². The Hall–Kier alpha value is -1.40. The molecule has 1 aromatic carbocycles. The number of carbonyl (C=O) groups is 1. The van der Waals surface area contributed by atoms with Crippen LogP contribution >= 0.6 is 0 Å². The maximum absolute atomic E-state index is 12.8. The van der Waals surface area contributed by atoms with Crippen LogP contribution in [0.3, 0.4) is 0 Å². The van der Waals surface area contributed by atoms with Gasteiger partial charge in [0.15, 0.2) is 0 Å². The third kappa shape index (κ3) is 8.09. The van der Waals surface area contributed by atoms with Gasteiger partial charge in [-0.2, -0.15) is 0 Å². The van der Waals surface area contributed by atoms with Crippen molar-refractivity contribution in [2.45, 2.75) is 72.3 Å². The van der Waals surface area contributed by atoms with Crippen LogP contribution in [-0.2, 0) is 21.2 Å². The number of amides is 1. The molecule has 164 valence electrons. The highest BCUT2D eigenvalue weighted by Gasteiger charge is 2.35. The van der Waals surface area contributed by atoms with Crippen molar-refractivity contribution in [3.63, 3.8) is 0 Å². The van der Waals surface area contributed by atoms with Gasteiger partial charge in [-0.1, -0.05) is 51.1 Å². The molecule has 0 unspecified atom stereocenters. The Morgan fingerprint density at radius 3 is 2.41 bits per heavy atom. The first-order valence-corrected chi connectivity index (χ1v) is 12.3. The third-order valence-electron chi connectivity index (χ3n) is 5.29. The van der Waals surface area contributed by atoms with Crippen LogP contribution in [0.2, 0.25) is 0 Å². The molecule has 1 N–H and O–H groups in total. The first kappa shape index (κ1) is 23.9. The van der Waals surface area contributed by atoms with Crippen LogP contribution in [0, 0.1) is 11.3 Å². The first-order valence-electron chi connectivity index (χ1n) is 10.7. The standard InChI is InChI=1S/C23H38N2O3S/c1-22(2,3)18-23(4,5)24-21(26)20-14-9-15-25(17-20)29(27,28)16-10-13-19-11-7-6-8-12-19/h6-8,11-12,20H,9-10,13-18H2,1-5H3,(H,24,26)/t20-/m1/s1. The lowest BCUT2D eigenvalue weighted by Crippen LogP contribution is -2.52. The topological polar surface area (TPSA) is 66.5 Å². The summed E-state index contributed by atoms with van der Waals surface area (Å²) in [6.07, 6.45) is 3.68. The molecular weight excluding hydrogens is 384 g/mol. The molecule has 0 saturated carbocycles. The van der Waals surface area contributed by atoms with Crippen molar-refractivity contribution < 1.29 is 13.2 Å². The Balaban J connectivity index is 1.90. The predicted molar refractivity (Wildman–Crippen MR) is 119 cm³/mol. The van der Waals surface area contributed by atoms with Crippen LogP contribution in [0.5, 0.6) is 0 Å². The van der Waals surface area contributed by atoms with Gasteiger partial charge in [0.2, 0.25) is 15.9 Å². The van der Waals surface area contributed by atoms with Gasteiger partial charge in [0.1, 0.15) is 0 Å². The number of nitrogens with one attached hydrogen (secondary N) is 1. The van der Waals surface area contributed by atoms with E-state index < -0.39 is 10.0 Å². The molecule has 0 aromatic heterocycles. The largest absolute Gasteiger partial charge is 0.351 e. The van der Waals surface area contributed by atoms with Crippen molar-refractivity contribution in [2.75, 3.05) is 18.8 Å². The summed E-state index contributed by atoms with van der Waals surface area (Å²) in [5.41, 5.74) is 0.948. The predicted octanol–water partition coefficient (Wildman–Crippen LogP) is 3.99. The van der Waals surface area contributed by atoms with Gasteiger partial charge in [0, 0.05) is 18.6 Å². The Bertz CT molecular complexity index is 767. The van der Waals surface area contributed by atoms with Gasteiger partial charge in [0.25, 0.3) is 0 Å². The van der Waals surface area contributed by atoms with E-state index >= 15 is 0 Å². The van der Waals surface area contributed by atoms with Crippen molar-refractivity contribution in [2.24, 2.45) is 11.3 Å². The number of hydrogen-bond acceptors (Lipinski definition) is 3. The summed E-state index contributed by atoms with van der Waals surface area (Å²) in [5, 5.41) is 3.16. The molecule has 1 aliphatic heterocycles. The molecule has 1 heterocycles. The van der Waals surface area contributed by atoms with Crippen molar-refractivity contribution >= 4 is 15.9 Å². The number of hydrogen-bond donors (Lipinski definition) is 1. The fourth-order valence-electron chi connectivity index (χ4n) is 4.45. The smallest absolute Gasteiger partial charge is 0.224 e. The maximum atomic E-state index is 12.8. The van der Waals surface area contributed by atoms with E-state index in [2.05, 4.69) is 26.1 Å². The molecular formula is C23H38N2O3S. The average Bonchev–Trinajstić information content (AvgIpc) is 2.60. The number of piperidine rings is 1. The minimum absolute atomic E-state index is 0.0246. The SMILES string of the molecule is CC(C)(C)CC(C)(C)NC(=O)[C@@H]1CCCN(S(=O)(=O)CCCc2ccccc2)C1.